The number of carbonyl (C=O) groups is 1. The maximum absolute atomic E-state index is 14.6. The monoisotopic (exact) mass is 396 g/mol. The van der Waals surface area contributed by atoms with Crippen molar-refractivity contribution in [1.29, 1.82) is 0 Å². The number of carboxylic acids is 1. The van der Waals surface area contributed by atoms with Gasteiger partial charge in [0.15, 0.2) is 0 Å². The van der Waals surface area contributed by atoms with Gasteiger partial charge >= 0.3 is 5.97 Å². The van der Waals surface area contributed by atoms with Crippen LogP contribution in [0.2, 0.25) is 0 Å². The Kier molecular flexibility index (Phi) is 3.84. The van der Waals surface area contributed by atoms with Crippen LogP contribution in [-0.2, 0) is 17.1 Å². The van der Waals surface area contributed by atoms with Gasteiger partial charge in [0.25, 0.3) is 5.92 Å². The number of hydrogen-bond acceptors (Lipinski definition) is 5. The van der Waals surface area contributed by atoms with E-state index < -0.39 is 24.1 Å². The highest BCUT2D eigenvalue weighted by atomic mass is 19.3. The largest absolute Gasteiger partial charge is 0.481 e. The van der Waals surface area contributed by atoms with E-state index in [1.54, 1.807) is 11.8 Å². The summed E-state index contributed by atoms with van der Waals surface area (Å²) in [5, 5.41) is 9.00. The molecule has 0 amide bonds. The Morgan fingerprint density at radius 2 is 1.96 bits per heavy atom. The van der Waals surface area contributed by atoms with Crippen molar-refractivity contribution in [1.82, 2.24) is 9.97 Å². The number of aromatic nitrogens is 2. The first-order valence-corrected chi connectivity index (χ1v) is 9.93. The lowest BCUT2D eigenvalue weighted by molar-refractivity contribution is -0.137. The average Bonchev–Trinajstić information content (AvgIpc) is 3.07. The second-order valence-electron chi connectivity index (χ2n) is 8.64. The van der Waals surface area contributed by atoms with Gasteiger partial charge in [-0.1, -0.05) is 0 Å². The van der Waals surface area contributed by atoms with Crippen LogP contribution >= 0.6 is 0 Å². The zero-order valence-corrected chi connectivity index (χ0v) is 15.6. The summed E-state index contributed by atoms with van der Waals surface area (Å²) in [6.07, 6.45) is -0.183. The molecule has 2 aliphatic carbocycles. The van der Waals surface area contributed by atoms with Gasteiger partial charge in [-0.15, -0.1) is 0 Å². The third-order valence-corrected chi connectivity index (χ3v) is 6.96. The SMILES string of the molecule is CC1C(F)CN1c1nc(N2C[C@@H]3[C@@H](CC(=O)O)[C@@H]3C2)c2c(n1)C(F)(F)CCC2. The number of anilines is 2. The second-order valence-corrected chi connectivity index (χ2v) is 8.64. The van der Waals surface area contributed by atoms with Crippen molar-refractivity contribution in [2.75, 3.05) is 29.4 Å². The molecular formula is C19H23F3N4O2. The van der Waals surface area contributed by atoms with Crippen molar-refractivity contribution in [3.8, 4) is 0 Å². The first-order valence-electron chi connectivity index (χ1n) is 9.93. The molecule has 1 aromatic heterocycles. The molecule has 6 nitrogen and oxygen atoms in total. The minimum absolute atomic E-state index is 0.122. The summed E-state index contributed by atoms with van der Waals surface area (Å²) in [7, 11) is 0. The van der Waals surface area contributed by atoms with E-state index in [-0.39, 0.29) is 48.8 Å². The molecule has 1 saturated carbocycles. The molecule has 2 saturated heterocycles. The van der Waals surface area contributed by atoms with E-state index in [9.17, 15) is 18.0 Å². The molecular weight excluding hydrogens is 373 g/mol. The van der Waals surface area contributed by atoms with Crippen molar-refractivity contribution in [2.24, 2.45) is 17.8 Å². The summed E-state index contributed by atoms with van der Waals surface area (Å²) in [5.41, 5.74) is 0.289. The molecule has 2 aliphatic heterocycles. The van der Waals surface area contributed by atoms with Crippen molar-refractivity contribution >= 4 is 17.7 Å². The predicted molar refractivity (Wildman–Crippen MR) is 95.5 cm³/mol. The fourth-order valence-corrected chi connectivity index (χ4v) is 5.14. The first kappa shape index (κ1) is 18.0. The summed E-state index contributed by atoms with van der Waals surface area (Å²) in [6, 6.07) is -0.421. The third kappa shape index (κ3) is 2.65. The molecule has 5 rings (SSSR count). The Morgan fingerprint density at radius 3 is 2.57 bits per heavy atom. The Morgan fingerprint density at radius 1 is 1.25 bits per heavy atom. The summed E-state index contributed by atoms with van der Waals surface area (Å²) < 4.78 is 42.9. The molecule has 0 spiro atoms. The first-order chi connectivity index (χ1) is 13.3. The third-order valence-electron chi connectivity index (χ3n) is 6.96. The minimum Gasteiger partial charge on any atom is -0.481 e. The maximum atomic E-state index is 14.6. The Balaban J connectivity index is 1.47. The number of rotatable bonds is 4. The van der Waals surface area contributed by atoms with Gasteiger partial charge in [-0.2, -0.15) is 13.8 Å². The Labute approximate surface area is 160 Å². The van der Waals surface area contributed by atoms with E-state index in [0.29, 0.717) is 37.3 Å². The standard InChI is InChI=1S/C19H23F3N4O2/c1-9-14(20)8-26(9)18-23-16-10(3-2-4-19(16,21)22)17(24-18)25-6-12-11(5-15(27)28)13(12)7-25/h9,11-14H,2-8H2,1H3,(H,27,28)/t9?,11-,12-,13+,14?. The lowest BCUT2D eigenvalue weighted by atomic mass is 9.92. The molecule has 9 heteroatoms. The van der Waals surface area contributed by atoms with Gasteiger partial charge in [-0.25, -0.2) is 9.37 Å². The molecule has 2 unspecified atom stereocenters. The number of aliphatic carboxylic acids is 1. The van der Waals surface area contributed by atoms with Gasteiger partial charge in [-0.05, 0) is 37.5 Å². The van der Waals surface area contributed by atoms with Crippen LogP contribution in [0.25, 0.3) is 0 Å². The van der Waals surface area contributed by atoms with Gasteiger partial charge in [0.05, 0.1) is 12.6 Å². The highest BCUT2D eigenvalue weighted by molar-refractivity contribution is 5.68. The lowest BCUT2D eigenvalue weighted by Gasteiger charge is -2.43. The Hall–Kier alpha value is -2.06. The van der Waals surface area contributed by atoms with Gasteiger partial charge in [-0.3, -0.25) is 4.79 Å². The van der Waals surface area contributed by atoms with Crippen LogP contribution in [0.5, 0.6) is 0 Å². The van der Waals surface area contributed by atoms with Crippen molar-refractivity contribution in [2.45, 2.75) is 50.7 Å². The van der Waals surface area contributed by atoms with Crippen molar-refractivity contribution in [3.05, 3.63) is 11.3 Å². The predicted octanol–water partition coefficient (Wildman–Crippen LogP) is 2.61. The minimum atomic E-state index is -3.00. The van der Waals surface area contributed by atoms with Crippen molar-refractivity contribution < 1.29 is 23.1 Å². The molecule has 1 N–H and O–H groups in total. The molecule has 28 heavy (non-hydrogen) atoms. The number of alkyl halides is 3. The fourth-order valence-electron chi connectivity index (χ4n) is 5.14. The number of fused-ring (bicyclic) bond motifs is 2. The van der Waals surface area contributed by atoms with Crippen LogP contribution < -0.4 is 9.80 Å². The lowest BCUT2D eigenvalue weighted by Crippen LogP contribution is -2.57. The Bertz CT molecular complexity index is 824. The number of carboxylic acid groups (broad SMARTS) is 1. The van der Waals surface area contributed by atoms with Gasteiger partial charge in [0.2, 0.25) is 5.95 Å². The maximum Gasteiger partial charge on any atom is 0.303 e. The highest BCUT2D eigenvalue weighted by Gasteiger charge is 2.57. The number of piperidine rings is 1. The molecule has 3 fully saturated rings. The topological polar surface area (TPSA) is 69.6 Å². The second kappa shape index (κ2) is 5.97. The zero-order valence-electron chi connectivity index (χ0n) is 15.6. The highest BCUT2D eigenvalue weighted by Crippen LogP contribution is 2.55. The van der Waals surface area contributed by atoms with E-state index in [0.717, 1.165) is 0 Å². The van der Waals surface area contributed by atoms with E-state index >= 15 is 0 Å². The van der Waals surface area contributed by atoms with E-state index in [4.69, 9.17) is 5.11 Å². The van der Waals surface area contributed by atoms with Crippen LogP contribution in [-0.4, -0.2) is 52.9 Å². The van der Waals surface area contributed by atoms with E-state index in [1.165, 1.54) is 0 Å². The molecule has 0 aromatic carbocycles. The zero-order chi connectivity index (χ0) is 19.8. The smallest absolute Gasteiger partial charge is 0.303 e. The molecule has 0 bridgehead atoms. The van der Waals surface area contributed by atoms with Crippen molar-refractivity contribution in [3.63, 3.8) is 0 Å². The van der Waals surface area contributed by atoms with E-state index in [1.807, 2.05) is 4.90 Å². The number of nitrogens with zero attached hydrogens (tertiary/aromatic N) is 4. The summed E-state index contributed by atoms with van der Waals surface area (Å²) in [4.78, 5) is 23.4. The molecule has 3 heterocycles. The summed E-state index contributed by atoms with van der Waals surface area (Å²) in [5.74, 6) is -2.33. The summed E-state index contributed by atoms with van der Waals surface area (Å²) in [6.45, 7) is 3.10. The molecule has 1 aromatic rings. The normalized spacial score (nSPS) is 35.2. The summed E-state index contributed by atoms with van der Waals surface area (Å²) >= 11 is 0. The van der Waals surface area contributed by atoms with Gasteiger partial charge < -0.3 is 14.9 Å². The van der Waals surface area contributed by atoms with Gasteiger partial charge in [0.1, 0.15) is 17.7 Å². The van der Waals surface area contributed by atoms with Crippen LogP contribution in [0.4, 0.5) is 24.9 Å². The number of hydrogen-bond donors (Lipinski definition) is 1. The molecule has 0 radical (unpaired) electrons. The average molecular weight is 396 g/mol. The van der Waals surface area contributed by atoms with Crippen LogP contribution in [0.15, 0.2) is 0 Å². The van der Waals surface area contributed by atoms with Gasteiger partial charge in [0, 0.05) is 31.5 Å². The van der Waals surface area contributed by atoms with E-state index in [2.05, 4.69) is 9.97 Å². The number of halogens is 3. The van der Waals surface area contributed by atoms with Crippen LogP contribution in [0.3, 0.4) is 0 Å². The quantitative estimate of drug-likeness (QED) is 0.844. The van der Waals surface area contributed by atoms with Crippen LogP contribution in [0, 0.1) is 17.8 Å². The molecule has 152 valence electrons. The van der Waals surface area contributed by atoms with Crippen LogP contribution in [0.1, 0.15) is 37.4 Å². The fraction of sp³-hybridized carbons (Fsp3) is 0.737. The molecule has 5 atom stereocenters. The molecule has 4 aliphatic rings.